The van der Waals surface area contributed by atoms with E-state index in [0.717, 1.165) is 0 Å². The average Bonchev–Trinajstić information content (AvgIpc) is 2.17. The molecular formula is C10H12F2N2O2. The minimum absolute atomic E-state index is 0.0251. The van der Waals surface area contributed by atoms with Gasteiger partial charge in [0.2, 0.25) is 0 Å². The highest BCUT2D eigenvalue weighted by Crippen LogP contribution is 2.20. The van der Waals surface area contributed by atoms with Crippen molar-refractivity contribution < 1.29 is 13.7 Å². The van der Waals surface area contributed by atoms with Crippen molar-refractivity contribution in [3.8, 4) is 0 Å². The number of alkyl halides is 2. The molecule has 0 saturated heterocycles. The fourth-order valence-corrected chi connectivity index (χ4v) is 1.25. The van der Waals surface area contributed by atoms with Gasteiger partial charge in [0.25, 0.3) is 12.1 Å². The van der Waals surface area contributed by atoms with Crippen molar-refractivity contribution in [2.75, 3.05) is 0 Å². The maximum Gasteiger partial charge on any atom is 0.269 e. The first-order valence-electron chi connectivity index (χ1n) is 4.63. The molecule has 1 aromatic carbocycles. The Bertz CT molecular complexity index is 377. The van der Waals surface area contributed by atoms with E-state index in [0.29, 0.717) is 5.56 Å². The SMILES string of the molecule is CC(N)(Cc1ccc([N+](=O)[O-])cc1)C(F)F. The molecule has 6 heteroatoms. The van der Waals surface area contributed by atoms with Gasteiger partial charge in [-0.2, -0.15) is 0 Å². The first-order valence-corrected chi connectivity index (χ1v) is 4.63. The molecule has 2 N–H and O–H groups in total. The van der Waals surface area contributed by atoms with Crippen LogP contribution in [0, 0.1) is 10.1 Å². The lowest BCUT2D eigenvalue weighted by molar-refractivity contribution is -0.384. The number of halogens is 2. The van der Waals surface area contributed by atoms with E-state index in [-0.39, 0.29) is 12.1 Å². The quantitative estimate of drug-likeness (QED) is 0.636. The Hall–Kier alpha value is -1.56. The maximum absolute atomic E-state index is 12.5. The van der Waals surface area contributed by atoms with Crippen LogP contribution < -0.4 is 5.73 Å². The Kier molecular flexibility index (Phi) is 3.54. The molecule has 1 unspecified atom stereocenters. The van der Waals surface area contributed by atoms with Gasteiger partial charge in [-0.05, 0) is 18.9 Å². The number of hydrogen-bond acceptors (Lipinski definition) is 3. The Balaban J connectivity index is 2.80. The fourth-order valence-electron chi connectivity index (χ4n) is 1.25. The zero-order valence-electron chi connectivity index (χ0n) is 8.69. The van der Waals surface area contributed by atoms with E-state index in [4.69, 9.17) is 5.73 Å². The Morgan fingerprint density at radius 3 is 2.31 bits per heavy atom. The third-order valence-electron chi connectivity index (χ3n) is 2.23. The molecule has 0 bridgehead atoms. The normalized spacial score (nSPS) is 14.8. The van der Waals surface area contributed by atoms with Gasteiger partial charge in [0, 0.05) is 12.1 Å². The minimum atomic E-state index is -2.64. The smallest absolute Gasteiger partial charge is 0.269 e. The fraction of sp³-hybridized carbons (Fsp3) is 0.400. The summed E-state index contributed by atoms with van der Waals surface area (Å²) in [5, 5.41) is 10.4. The number of benzene rings is 1. The summed E-state index contributed by atoms with van der Waals surface area (Å²) in [6.45, 7) is 1.25. The molecule has 16 heavy (non-hydrogen) atoms. The molecule has 4 nitrogen and oxygen atoms in total. The molecule has 0 fully saturated rings. The van der Waals surface area contributed by atoms with Crippen LogP contribution in [0.15, 0.2) is 24.3 Å². The second-order valence-corrected chi connectivity index (χ2v) is 3.91. The molecule has 0 saturated carbocycles. The summed E-state index contributed by atoms with van der Waals surface area (Å²) in [6, 6.07) is 5.42. The van der Waals surface area contributed by atoms with Crippen LogP contribution >= 0.6 is 0 Å². The second kappa shape index (κ2) is 4.52. The molecule has 1 aromatic rings. The van der Waals surface area contributed by atoms with Crippen LogP contribution in [0.2, 0.25) is 0 Å². The van der Waals surface area contributed by atoms with Crippen LogP contribution in [-0.2, 0) is 6.42 Å². The first kappa shape index (κ1) is 12.5. The molecule has 0 radical (unpaired) electrons. The van der Waals surface area contributed by atoms with Crippen LogP contribution in [0.5, 0.6) is 0 Å². The van der Waals surface area contributed by atoms with Gasteiger partial charge in [0.15, 0.2) is 0 Å². The zero-order valence-corrected chi connectivity index (χ0v) is 8.69. The van der Waals surface area contributed by atoms with Crippen LogP contribution in [0.4, 0.5) is 14.5 Å². The van der Waals surface area contributed by atoms with Crippen molar-refractivity contribution in [1.29, 1.82) is 0 Å². The minimum Gasteiger partial charge on any atom is -0.320 e. The number of nitro benzene ring substituents is 1. The zero-order chi connectivity index (χ0) is 12.3. The van der Waals surface area contributed by atoms with Crippen molar-refractivity contribution in [3.05, 3.63) is 39.9 Å². The summed E-state index contributed by atoms with van der Waals surface area (Å²) in [4.78, 5) is 9.82. The molecule has 0 heterocycles. The van der Waals surface area contributed by atoms with Crippen molar-refractivity contribution in [3.63, 3.8) is 0 Å². The van der Waals surface area contributed by atoms with Crippen molar-refractivity contribution in [2.45, 2.75) is 25.3 Å². The van der Waals surface area contributed by atoms with Gasteiger partial charge in [-0.15, -0.1) is 0 Å². The molecule has 0 aliphatic heterocycles. The average molecular weight is 230 g/mol. The molecule has 0 spiro atoms. The number of non-ortho nitro benzene ring substituents is 1. The van der Waals surface area contributed by atoms with Crippen molar-refractivity contribution in [1.82, 2.24) is 0 Å². The molecule has 0 aliphatic carbocycles. The van der Waals surface area contributed by atoms with E-state index in [1.54, 1.807) is 0 Å². The van der Waals surface area contributed by atoms with Gasteiger partial charge in [0.05, 0.1) is 10.5 Å². The predicted octanol–water partition coefficient (Wildman–Crippen LogP) is 2.12. The summed E-state index contributed by atoms with van der Waals surface area (Å²) in [5.41, 5.74) is 4.27. The highest BCUT2D eigenvalue weighted by atomic mass is 19.3. The lowest BCUT2D eigenvalue weighted by atomic mass is 9.94. The van der Waals surface area contributed by atoms with Gasteiger partial charge in [-0.3, -0.25) is 10.1 Å². The number of nitrogens with zero attached hydrogens (tertiary/aromatic N) is 1. The van der Waals surface area contributed by atoms with Crippen LogP contribution in [0.3, 0.4) is 0 Å². The largest absolute Gasteiger partial charge is 0.320 e. The van der Waals surface area contributed by atoms with Gasteiger partial charge in [-0.1, -0.05) is 12.1 Å². The van der Waals surface area contributed by atoms with Gasteiger partial charge < -0.3 is 5.73 Å². The highest BCUT2D eigenvalue weighted by Gasteiger charge is 2.30. The maximum atomic E-state index is 12.5. The Morgan fingerprint density at radius 2 is 1.94 bits per heavy atom. The van der Waals surface area contributed by atoms with Crippen molar-refractivity contribution >= 4 is 5.69 Å². The Labute approximate surface area is 91.2 Å². The molecule has 1 atom stereocenters. The van der Waals surface area contributed by atoms with Crippen LogP contribution in [0.1, 0.15) is 12.5 Å². The standard InChI is InChI=1S/C10H12F2N2O2/c1-10(13,9(11)12)6-7-2-4-8(5-3-7)14(15)16/h2-5,9H,6,13H2,1H3. The lowest BCUT2D eigenvalue weighted by Gasteiger charge is -2.23. The predicted molar refractivity (Wildman–Crippen MR) is 55.4 cm³/mol. The van der Waals surface area contributed by atoms with E-state index in [9.17, 15) is 18.9 Å². The third-order valence-corrected chi connectivity index (χ3v) is 2.23. The molecular weight excluding hydrogens is 218 g/mol. The summed E-state index contributed by atoms with van der Waals surface area (Å²) in [6.07, 6.45) is -2.66. The number of hydrogen-bond donors (Lipinski definition) is 1. The van der Waals surface area contributed by atoms with E-state index < -0.39 is 16.9 Å². The van der Waals surface area contributed by atoms with E-state index in [1.165, 1.54) is 31.2 Å². The van der Waals surface area contributed by atoms with Crippen molar-refractivity contribution in [2.24, 2.45) is 5.73 Å². The van der Waals surface area contributed by atoms with Gasteiger partial charge in [-0.25, -0.2) is 8.78 Å². The number of rotatable bonds is 4. The monoisotopic (exact) mass is 230 g/mol. The van der Waals surface area contributed by atoms with Gasteiger partial charge >= 0.3 is 0 Å². The third kappa shape index (κ3) is 2.96. The Morgan fingerprint density at radius 1 is 1.44 bits per heavy atom. The molecule has 1 rings (SSSR count). The summed E-state index contributed by atoms with van der Waals surface area (Å²) in [7, 11) is 0. The van der Waals surface area contributed by atoms with E-state index in [1.807, 2.05) is 0 Å². The summed E-state index contributed by atoms with van der Waals surface area (Å²) >= 11 is 0. The van der Waals surface area contributed by atoms with Gasteiger partial charge in [0.1, 0.15) is 0 Å². The number of nitro groups is 1. The van der Waals surface area contributed by atoms with E-state index in [2.05, 4.69) is 0 Å². The molecule has 88 valence electrons. The summed E-state index contributed by atoms with van der Waals surface area (Å²) < 4.78 is 24.9. The topological polar surface area (TPSA) is 69.2 Å². The summed E-state index contributed by atoms with van der Waals surface area (Å²) in [5.74, 6) is 0. The molecule has 0 aromatic heterocycles. The molecule has 0 aliphatic rings. The van der Waals surface area contributed by atoms with E-state index >= 15 is 0 Å². The van der Waals surface area contributed by atoms with Crippen LogP contribution in [-0.4, -0.2) is 16.9 Å². The first-order chi connectivity index (χ1) is 7.33. The highest BCUT2D eigenvalue weighted by molar-refractivity contribution is 5.33. The number of nitrogens with two attached hydrogens (primary N) is 1. The van der Waals surface area contributed by atoms with Crippen LogP contribution in [0.25, 0.3) is 0 Å². The second-order valence-electron chi connectivity index (χ2n) is 3.91. The molecule has 0 amide bonds. The lowest BCUT2D eigenvalue weighted by Crippen LogP contribution is -2.45.